The molecule has 0 saturated heterocycles. The van der Waals surface area contributed by atoms with Crippen molar-refractivity contribution in [2.45, 2.75) is 72.2 Å². The molecule has 0 saturated carbocycles. The van der Waals surface area contributed by atoms with Crippen LogP contribution < -0.4 is 5.32 Å². The van der Waals surface area contributed by atoms with Crippen LogP contribution in [0.3, 0.4) is 0 Å². The van der Waals surface area contributed by atoms with Gasteiger partial charge in [0.2, 0.25) is 0 Å². The molecule has 0 aliphatic heterocycles. The van der Waals surface area contributed by atoms with Crippen LogP contribution in [0.1, 0.15) is 54.9 Å². The first-order valence-electron chi connectivity index (χ1n) is 6.20. The Labute approximate surface area is 105 Å². The van der Waals surface area contributed by atoms with Gasteiger partial charge in [0.15, 0.2) is 0 Å². The molecule has 17 heavy (non-hydrogen) atoms. The van der Waals surface area contributed by atoms with Crippen molar-refractivity contribution in [2.24, 2.45) is 0 Å². The van der Waals surface area contributed by atoms with E-state index in [1.165, 1.54) is 0 Å². The van der Waals surface area contributed by atoms with Gasteiger partial charge in [-0.15, -0.1) is 0 Å². The number of rotatable bonds is 5. The predicted molar refractivity (Wildman–Crippen MR) is 69.2 cm³/mol. The third-order valence-corrected chi connectivity index (χ3v) is 2.30. The maximum Gasteiger partial charge on any atom is 0.407 e. The lowest BCUT2D eigenvalue weighted by atomic mass is 10.1. The van der Waals surface area contributed by atoms with Crippen molar-refractivity contribution in [1.29, 1.82) is 0 Å². The average molecular weight is 245 g/mol. The molecule has 4 nitrogen and oxygen atoms in total. The topological polar surface area (TPSA) is 47.6 Å². The minimum Gasteiger partial charge on any atom is -0.444 e. The van der Waals surface area contributed by atoms with Crippen molar-refractivity contribution in [3.05, 3.63) is 0 Å². The van der Waals surface area contributed by atoms with Crippen LogP contribution in [0.4, 0.5) is 4.79 Å². The second kappa shape index (κ2) is 6.24. The highest BCUT2D eigenvalue weighted by Gasteiger charge is 2.20. The Balaban J connectivity index is 3.93. The van der Waals surface area contributed by atoms with E-state index in [2.05, 4.69) is 12.2 Å². The summed E-state index contributed by atoms with van der Waals surface area (Å²) in [6.45, 7) is 14.1. The normalized spacial score (nSPS) is 14.3. The van der Waals surface area contributed by atoms with Gasteiger partial charge in [-0.25, -0.2) is 4.79 Å². The molecule has 0 heterocycles. The summed E-state index contributed by atoms with van der Waals surface area (Å²) in [5, 5.41) is 2.70. The molecule has 0 aliphatic carbocycles. The Morgan fingerprint density at radius 3 is 2.18 bits per heavy atom. The quantitative estimate of drug-likeness (QED) is 0.809. The minimum atomic E-state index is -0.461. The van der Waals surface area contributed by atoms with Crippen LogP contribution in [0.2, 0.25) is 0 Å². The SMILES string of the molecule is CCC(C)(C)OC(C)CNC(=O)OC(C)(C)C. The van der Waals surface area contributed by atoms with Crippen LogP contribution in [-0.4, -0.2) is 29.9 Å². The van der Waals surface area contributed by atoms with Crippen molar-refractivity contribution >= 4 is 6.09 Å². The molecule has 0 aliphatic rings. The predicted octanol–water partition coefficient (Wildman–Crippen LogP) is 3.10. The van der Waals surface area contributed by atoms with Gasteiger partial charge in [-0.2, -0.15) is 0 Å². The van der Waals surface area contributed by atoms with E-state index in [1.807, 2.05) is 41.5 Å². The Bertz CT molecular complexity index is 244. The van der Waals surface area contributed by atoms with Crippen molar-refractivity contribution in [1.82, 2.24) is 5.32 Å². The van der Waals surface area contributed by atoms with Gasteiger partial charge in [0.1, 0.15) is 5.60 Å². The third-order valence-electron chi connectivity index (χ3n) is 2.30. The first-order chi connectivity index (χ1) is 7.56. The van der Waals surface area contributed by atoms with Crippen LogP contribution in [0, 0.1) is 0 Å². The van der Waals surface area contributed by atoms with Gasteiger partial charge in [0, 0.05) is 6.54 Å². The first kappa shape index (κ1) is 16.2. The van der Waals surface area contributed by atoms with Gasteiger partial charge in [-0.1, -0.05) is 6.92 Å². The number of nitrogens with one attached hydrogen (secondary N) is 1. The third kappa shape index (κ3) is 8.98. The van der Waals surface area contributed by atoms with Gasteiger partial charge in [-0.05, 0) is 48.0 Å². The zero-order valence-electron chi connectivity index (χ0n) is 12.2. The van der Waals surface area contributed by atoms with Crippen LogP contribution in [0.15, 0.2) is 0 Å². The standard InChI is InChI=1S/C13H27NO3/c1-8-13(6,7)16-10(2)9-14-11(15)17-12(3,4)5/h10H,8-9H2,1-7H3,(H,14,15). The molecule has 0 spiro atoms. The molecule has 0 radical (unpaired) electrons. The largest absolute Gasteiger partial charge is 0.444 e. The summed E-state index contributed by atoms with van der Waals surface area (Å²) in [5.41, 5.74) is -0.619. The molecular weight excluding hydrogens is 218 g/mol. The smallest absolute Gasteiger partial charge is 0.407 e. The zero-order chi connectivity index (χ0) is 13.7. The molecule has 1 unspecified atom stereocenters. The molecule has 0 aromatic rings. The molecular formula is C13H27NO3. The number of hydrogen-bond donors (Lipinski definition) is 1. The van der Waals surface area contributed by atoms with E-state index in [4.69, 9.17) is 9.47 Å². The fraction of sp³-hybridized carbons (Fsp3) is 0.923. The number of ether oxygens (including phenoxy) is 2. The highest BCUT2D eigenvalue weighted by atomic mass is 16.6. The molecule has 102 valence electrons. The molecule has 4 heteroatoms. The molecule has 1 N–H and O–H groups in total. The van der Waals surface area contributed by atoms with Crippen LogP contribution in [0.25, 0.3) is 0 Å². The minimum absolute atomic E-state index is 0.0301. The first-order valence-corrected chi connectivity index (χ1v) is 6.20. The van der Waals surface area contributed by atoms with Crippen molar-refractivity contribution < 1.29 is 14.3 Å². The molecule has 1 amide bonds. The lowest BCUT2D eigenvalue weighted by Gasteiger charge is -2.28. The van der Waals surface area contributed by atoms with E-state index < -0.39 is 11.7 Å². The molecule has 0 fully saturated rings. The molecule has 0 rings (SSSR count). The second-order valence-electron chi connectivity index (χ2n) is 5.92. The number of alkyl carbamates (subject to hydrolysis) is 1. The van der Waals surface area contributed by atoms with Crippen LogP contribution >= 0.6 is 0 Å². The fourth-order valence-corrected chi connectivity index (χ4v) is 1.21. The van der Waals surface area contributed by atoms with Crippen LogP contribution in [-0.2, 0) is 9.47 Å². The maximum absolute atomic E-state index is 11.4. The van der Waals surface area contributed by atoms with Gasteiger partial charge in [0.05, 0.1) is 11.7 Å². The monoisotopic (exact) mass is 245 g/mol. The maximum atomic E-state index is 11.4. The summed E-state index contributed by atoms with van der Waals surface area (Å²) in [5.74, 6) is 0. The molecule has 0 aromatic heterocycles. The summed E-state index contributed by atoms with van der Waals surface area (Å²) < 4.78 is 10.9. The number of carbonyl (C=O) groups excluding carboxylic acids is 1. The van der Waals surface area contributed by atoms with E-state index >= 15 is 0 Å². The summed E-state index contributed by atoms with van der Waals surface area (Å²) in [4.78, 5) is 11.4. The summed E-state index contributed by atoms with van der Waals surface area (Å²) in [6.07, 6.45) is 0.503. The summed E-state index contributed by atoms with van der Waals surface area (Å²) >= 11 is 0. The molecule has 0 aromatic carbocycles. The molecule has 0 bridgehead atoms. The Morgan fingerprint density at radius 1 is 1.24 bits per heavy atom. The Kier molecular flexibility index (Phi) is 5.96. The van der Waals surface area contributed by atoms with Gasteiger partial charge in [-0.3, -0.25) is 0 Å². The van der Waals surface area contributed by atoms with Gasteiger partial charge in [0.25, 0.3) is 0 Å². The van der Waals surface area contributed by atoms with Crippen molar-refractivity contribution in [2.75, 3.05) is 6.54 Å². The van der Waals surface area contributed by atoms with Crippen LogP contribution in [0.5, 0.6) is 0 Å². The van der Waals surface area contributed by atoms with Gasteiger partial charge < -0.3 is 14.8 Å². The zero-order valence-corrected chi connectivity index (χ0v) is 12.2. The van der Waals surface area contributed by atoms with E-state index in [1.54, 1.807) is 0 Å². The molecule has 1 atom stereocenters. The number of amides is 1. The van der Waals surface area contributed by atoms with E-state index in [-0.39, 0.29) is 11.7 Å². The lowest BCUT2D eigenvalue weighted by molar-refractivity contribution is -0.0645. The fourth-order valence-electron chi connectivity index (χ4n) is 1.21. The number of carbonyl (C=O) groups is 1. The number of hydrogen-bond acceptors (Lipinski definition) is 3. The highest BCUT2D eigenvalue weighted by molar-refractivity contribution is 5.67. The van der Waals surface area contributed by atoms with Gasteiger partial charge >= 0.3 is 6.09 Å². The Hall–Kier alpha value is -0.770. The summed E-state index contributed by atoms with van der Waals surface area (Å²) in [6, 6.07) is 0. The summed E-state index contributed by atoms with van der Waals surface area (Å²) in [7, 11) is 0. The average Bonchev–Trinajstić information content (AvgIpc) is 2.11. The van der Waals surface area contributed by atoms with E-state index in [0.29, 0.717) is 6.54 Å². The van der Waals surface area contributed by atoms with Crippen molar-refractivity contribution in [3.8, 4) is 0 Å². The lowest BCUT2D eigenvalue weighted by Crippen LogP contribution is -2.39. The Morgan fingerprint density at radius 2 is 1.76 bits per heavy atom. The van der Waals surface area contributed by atoms with E-state index in [0.717, 1.165) is 6.42 Å². The van der Waals surface area contributed by atoms with Crippen molar-refractivity contribution in [3.63, 3.8) is 0 Å². The van der Waals surface area contributed by atoms with E-state index in [9.17, 15) is 4.79 Å². The second-order valence-corrected chi connectivity index (χ2v) is 5.92. The highest BCUT2D eigenvalue weighted by Crippen LogP contribution is 2.15.